The van der Waals surface area contributed by atoms with E-state index in [1.807, 2.05) is 13.8 Å². The third-order valence-corrected chi connectivity index (χ3v) is 3.52. The Kier molecular flexibility index (Phi) is 9.06. The minimum Gasteiger partial charge on any atom is -0.275 e. The van der Waals surface area contributed by atoms with Crippen LogP contribution in [0, 0.1) is 11.8 Å². The maximum atomic E-state index is 12.7. The molecule has 0 bridgehead atoms. The van der Waals surface area contributed by atoms with E-state index >= 15 is 0 Å². The second kappa shape index (κ2) is 9.64. The molecule has 0 radical (unpaired) electrons. The highest BCUT2D eigenvalue weighted by molar-refractivity contribution is 6.12. The summed E-state index contributed by atoms with van der Waals surface area (Å²) in [7, 11) is 0. The minimum absolute atomic E-state index is 0.0985. The molecular weight excluding hydrogens is 295 g/mol. The van der Waals surface area contributed by atoms with Gasteiger partial charge in [-0.2, -0.15) is 13.2 Å². The van der Waals surface area contributed by atoms with Crippen molar-refractivity contribution < 1.29 is 22.8 Å². The molecule has 0 spiro atoms. The van der Waals surface area contributed by atoms with Gasteiger partial charge in [0.25, 0.3) is 11.8 Å². The summed E-state index contributed by atoms with van der Waals surface area (Å²) in [5.74, 6) is -2.39. The van der Waals surface area contributed by atoms with Gasteiger partial charge in [0.2, 0.25) is 0 Å². The van der Waals surface area contributed by atoms with Gasteiger partial charge in [0.1, 0.15) is 0 Å². The van der Waals surface area contributed by atoms with Gasteiger partial charge in [0, 0.05) is 18.7 Å². The number of carbonyl (C=O) groups excluding carboxylic acids is 2. The second-order valence-corrected chi connectivity index (χ2v) is 5.40. The monoisotopic (exact) mass is 321 g/mol. The average molecular weight is 321 g/mol. The zero-order chi connectivity index (χ0) is 17.3. The Morgan fingerprint density at radius 1 is 1.00 bits per heavy atom. The summed E-state index contributed by atoms with van der Waals surface area (Å²) >= 11 is 0. The largest absolute Gasteiger partial charge is 0.392 e. The first-order chi connectivity index (χ1) is 10.2. The van der Waals surface area contributed by atoms with Crippen molar-refractivity contribution in [2.45, 2.75) is 59.6 Å². The van der Waals surface area contributed by atoms with Crippen LogP contribution in [0.3, 0.4) is 0 Å². The van der Waals surface area contributed by atoms with Gasteiger partial charge in [-0.3, -0.25) is 14.5 Å². The Labute approximate surface area is 130 Å². The smallest absolute Gasteiger partial charge is 0.275 e. The molecule has 1 heterocycles. The van der Waals surface area contributed by atoms with Gasteiger partial charge in [-0.1, -0.05) is 40.5 Å². The van der Waals surface area contributed by atoms with E-state index in [1.165, 1.54) is 12.2 Å². The summed E-state index contributed by atoms with van der Waals surface area (Å²) in [5, 5.41) is 0. The molecule has 0 aromatic carbocycles. The Morgan fingerprint density at radius 3 is 1.91 bits per heavy atom. The molecule has 128 valence electrons. The third-order valence-electron chi connectivity index (χ3n) is 3.52. The minimum atomic E-state index is -4.15. The molecule has 2 amide bonds. The van der Waals surface area contributed by atoms with Crippen molar-refractivity contribution in [1.82, 2.24) is 4.90 Å². The lowest BCUT2D eigenvalue weighted by atomic mass is 9.90. The Hall–Kier alpha value is -1.33. The molecule has 1 aliphatic heterocycles. The Bertz CT molecular complexity index is 371. The average Bonchev–Trinajstić information content (AvgIpc) is 2.74. The van der Waals surface area contributed by atoms with Crippen LogP contribution in [-0.2, 0) is 9.59 Å². The predicted molar refractivity (Wildman–Crippen MR) is 80.1 cm³/mol. The van der Waals surface area contributed by atoms with Crippen LogP contribution < -0.4 is 0 Å². The molecule has 0 N–H and O–H groups in total. The molecule has 0 aromatic heterocycles. The van der Waals surface area contributed by atoms with Gasteiger partial charge >= 0.3 is 6.18 Å². The number of amides is 2. The lowest BCUT2D eigenvalue weighted by Gasteiger charge is -2.23. The van der Waals surface area contributed by atoms with Crippen LogP contribution in [0.1, 0.15) is 53.4 Å². The van der Waals surface area contributed by atoms with E-state index in [4.69, 9.17) is 0 Å². The standard InChI is InChI=1S/C14H20F3NO2.C2H6/c1-10(2)11(14(15,16)17)6-4-3-5-9-18-12(19)7-8-13(18)20;1-2/h7-8,10-11H,3-6,9H2,1-2H3;1-2H3. The zero-order valence-electron chi connectivity index (χ0n) is 13.7. The first kappa shape index (κ1) is 20.7. The van der Waals surface area contributed by atoms with Crippen molar-refractivity contribution in [3.05, 3.63) is 12.2 Å². The summed E-state index contributed by atoms with van der Waals surface area (Å²) in [6, 6.07) is 0. The van der Waals surface area contributed by atoms with Crippen molar-refractivity contribution in [2.24, 2.45) is 11.8 Å². The SMILES string of the molecule is CC.CC(C)C(CCCCCN1C(=O)C=CC1=O)C(F)(F)F. The molecule has 1 rings (SSSR count). The van der Waals surface area contributed by atoms with Crippen LogP contribution in [0.2, 0.25) is 0 Å². The van der Waals surface area contributed by atoms with E-state index in [0.29, 0.717) is 19.3 Å². The van der Waals surface area contributed by atoms with E-state index in [9.17, 15) is 22.8 Å². The van der Waals surface area contributed by atoms with E-state index in [-0.39, 0.29) is 24.8 Å². The van der Waals surface area contributed by atoms with Crippen LogP contribution in [0.5, 0.6) is 0 Å². The molecule has 3 nitrogen and oxygen atoms in total. The molecule has 6 heteroatoms. The van der Waals surface area contributed by atoms with Gasteiger partial charge in [0.15, 0.2) is 0 Å². The number of carbonyl (C=O) groups is 2. The van der Waals surface area contributed by atoms with Crippen molar-refractivity contribution in [2.75, 3.05) is 6.54 Å². The van der Waals surface area contributed by atoms with E-state index in [1.54, 1.807) is 13.8 Å². The van der Waals surface area contributed by atoms with Crippen LogP contribution in [-0.4, -0.2) is 29.4 Å². The van der Waals surface area contributed by atoms with Crippen LogP contribution in [0.25, 0.3) is 0 Å². The lowest BCUT2D eigenvalue weighted by molar-refractivity contribution is -0.187. The van der Waals surface area contributed by atoms with E-state index in [0.717, 1.165) is 4.90 Å². The number of hydrogen-bond donors (Lipinski definition) is 0. The Balaban J connectivity index is 0.00000211. The van der Waals surface area contributed by atoms with Crippen molar-refractivity contribution in [3.8, 4) is 0 Å². The molecule has 1 aliphatic rings. The highest BCUT2D eigenvalue weighted by Gasteiger charge is 2.40. The van der Waals surface area contributed by atoms with Crippen LogP contribution >= 0.6 is 0 Å². The number of imide groups is 1. The van der Waals surface area contributed by atoms with Gasteiger partial charge in [-0.05, 0) is 18.8 Å². The summed E-state index contributed by atoms with van der Waals surface area (Å²) in [6.07, 6.45) is -0.0635. The van der Waals surface area contributed by atoms with Gasteiger partial charge in [-0.15, -0.1) is 0 Å². The first-order valence-corrected chi connectivity index (χ1v) is 7.83. The highest BCUT2D eigenvalue weighted by Crippen LogP contribution is 2.35. The second-order valence-electron chi connectivity index (χ2n) is 5.40. The molecule has 0 saturated heterocycles. The number of nitrogens with zero attached hydrogens (tertiary/aromatic N) is 1. The highest BCUT2D eigenvalue weighted by atomic mass is 19.4. The molecule has 0 aliphatic carbocycles. The molecule has 0 fully saturated rings. The summed E-state index contributed by atoms with van der Waals surface area (Å²) in [6.45, 7) is 7.43. The lowest BCUT2D eigenvalue weighted by Crippen LogP contribution is -2.31. The number of halogens is 3. The molecule has 22 heavy (non-hydrogen) atoms. The molecule has 0 aromatic rings. The molecule has 1 unspecified atom stereocenters. The fourth-order valence-corrected chi connectivity index (χ4v) is 2.34. The predicted octanol–water partition coefficient (Wildman–Crippen LogP) is 4.33. The fourth-order valence-electron chi connectivity index (χ4n) is 2.34. The maximum absolute atomic E-state index is 12.7. The van der Waals surface area contributed by atoms with Crippen molar-refractivity contribution >= 4 is 11.8 Å². The number of unbranched alkanes of at least 4 members (excludes halogenated alkanes) is 2. The third kappa shape index (κ3) is 6.62. The van der Waals surface area contributed by atoms with Crippen molar-refractivity contribution in [1.29, 1.82) is 0 Å². The molecule has 0 saturated carbocycles. The van der Waals surface area contributed by atoms with Crippen LogP contribution in [0.4, 0.5) is 13.2 Å². The van der Waals surface area contributed by atoms with E-state index < -0.39 is 18.0 Å². The van der Waals surface area contributed by atoms with Gasteiger partial charge < -0.3 is 0 Å². The quantitative estimate of drug-likeness (QED) is 0.517. The maximum Gasteiger partial charge on any atom is 0.392 e. The van der Waals surface area contributed by atoms with Crippen LogP contribution in [0.15, 0.2) is 12.2 Å². The van der Waals surface area contributed by atoms with Gasteiger partial charge in [-0.25, -0.2) is 0 Å². The summed E-state index contributed by atoms with van der Waals surface area (Å²) < 4.78 is 38.2. The first-order valence-electron chi connectivity index (χ1n) is 7.83. The normalized spacial score (nSPS) is 16.1. The number of rotatable bonds is 7. The number of hydrogen-bond acceptors (Lipinski definition) is 2. The summed E-state index contributed by atoms with van der Waals surface area (Å²) in [4.78, 5) is 23.6. The number of alkyl halides is 3. The zero-order valence-corrected chi connectivity index (χ0v) is 13.7. The topological polar surface area (TPSA) is 37.4 Å². The summed E-state index contributed by atoms with van der Waals surface area (Å²) in [5.41, 5.74) is 0. The van der Waals surface area contributed by atoms with Gasteiger partial charge in [0.05, 0.1) is 5.92 Å². The fraction of sp³-hybridized carbons (Fsp3) is 0.750. The van der Waals surface area contributed by atoms with E-state index in [2.05, 4.69) is 0 Å². The van der Waals surface area contributed by atoms with Crippen molar-refractivity contribution in [3.63, 3.8) is 0 Å². The Morgan fingerprint density at radius 2 is 1.50 bits per heavy atom. The molecule has 1 atom stereocenters. The molecular formula is C16H26F3NO2.